The van der Waals surface area contributed by atoms with Gasteiger partial charge in [-0.1, -0.05) is 13.8 Å². The average molecular weight is 265 g/mol. The molecule has 1 heterocycles. The first-order chi connectivity index (χ1) is 9.22. The molecule has 0 aliphatic heterocycles. The summed E-state index contributed by atoms with van der Waals surface area (Å²) in [5.74, 6) is -0.339. The fraction of sp³-hybridized carbons (Fsp3) is 0.571. The predicted molar refractivity (Wildman–Crippen MR) is 75.1 cm³/mol. The van der Waals surface area contributed by atoms with Crippen molar-refractivity contribution in [1.82, 2.24) is 15.2 Å². The first-order valence-electron chi connectivity index (χ1n) is 6.68. The molecule has 0 atom stereocenters. The predicted octanol–water partition coefficient (Wildman–Crippen LogP) is 1.30. The molecular weight excluding hydrogens is 242 g/mol. The Morgan fingerprint density at radius 3 is 2.79 bits per heavy atom. The van der Waals surface area contributed by atoms with Crippen LogP contribution in [0.2, 0.25) is 0 Å². The van der Waals surface area contributed by atoms with Gasteiger partial charge in [-0.2, -0.15) is 0 Å². The molecule has 1 rings (SSSR count). The summed E-state index contributed by atoms with van der Waals surface area (Å²) < 4.78 is 4.74. The van der Waals surface area contributed by atoms with Crippen molar-refractivity contribution in [2.24, 2.45) is 0 Å². The fourth-order valence-electron chi connectivity index (χ4n) is 1.86. The van der Waals surface area contributed by atoms with Gasteiger partial charge in [0.15, 0.2) is 0 Å². The van der Waals surface area contributed by atoms with Crippen molar-refractivity contribution < 1.29 is 9.53 Å². The number of rotatable bonds is 8. The second-order valence-electron chi connectivity index (χ2n) is 4.19. The number of likely N-dealkylation sites (N-methyl/N-ethyl adjacent to an activating group) is 1. The van der Waals surface area contributed by atoms with Crippen LogP contribution in [0, 0.1) is 0 Å². The van der Waals surface area contributed by atoms with E-state index in [2.05, 4.69) is 29.0 Å². The van der Waals surface area contributed by atoms with Gasteiger partial charge in [-0.05, 0) is 25.2 Å². The van der Waals surface area contributed by atoms with Gasteiger partial charge in [0.05, 0.1) is 18.4 Å². The minimum Gasteiger partial charge on any atom is -0.465 e. The number of methoxy groups -OCH3 is 1. The molecule has 106 valence electrons. The summed E-state index contributed by atoms with van der Waals surface area (Å²) in [5.41, 5.74) is 1.26. The lowest BCUT2D eigenvalue weighted by Crippen LogP contribution is -2.32. The Labute approximate surface area is 115 Å². The summed E-state index contributed by atoms with van der Waals surface area (Å²) in [6, 6.07) is 3.48. The number of ether oxygens (including phenoxy) is 1. The molecule has 0 bridgehead atoms. The van der Waals surface area contributed by atoms with Crippen LogP contribution < -0.4 is 5.32 Å². The number of carbonyl (C=O) groups is 1. The van der Waals surface area contributed by atoms with E-state index < -0.39 is 0 Å². The number of nitrogens with zero attached hydrogens (tertiary/aromatic N) is 2. The normalized spacial score (nSPS) is 10.7. The molecule has 1 aromatic heterocycles. The van der Waals surface area contributed by atoms with E-state index in [1.807, 2.05) is 0 Å². The Morgan fingerprint density at radius 2 is 2.16 bits per heavy atom. The Kier molecular flexibility index (Phi) is 7.07. The van der Waals surface area contributed by atoms with Gasteiger partial charge in [0.25, 0.3) is 0 Å². The van der Waals surface area contributed by atoms with Crippen molar-refractivity contribution in [2.75, 3.05) is 33.3 Å². The molecule has 0 spiro atoms. The van der Waals surface area contributed by atoms with E-state index in [0.717, 1.165) is 31.9 Å². The van der Waals surface area contributed by atoms with Crippen LogP contribution in [0.4, 0.5) is 0 Å². The lowest BCUT2D eigenvalue weighted by Gasteiger charge is -2.18. The third-order valence-corrected chi connectivity index (χ3v) is 3.09. The van der Waals surface area contributed by atoms with Gasteiger partial charge in [-0.25, -0.2) is 4.79 Å². The van der Waals surface area contributed by atoms with Gasteiger partial charge < -0.3 is 15.0 Å². The Morgan fingerprint density at radius 1 is 1.42 bits per heavy atom. The zero-order chi connectivity index (χ0) is 14.1. The van der Waals surface area contributed by atoms with Crippen LogP contribution in [-0.4, -0.2) is 49.1 Å². The van der Waals surface area contributed by atoms with Crippen molar-refractivity contribution in [3.05, 3.63) is 29.6 Å². The van der Waals surface area contributed by atoms with Crippen LogP contribution >= 0.6 is 0 Å². The molecule has 0 aromatic carbocycles. The van der Waals surface area contributed by atoms with Crippen LogP contribution in [0.25, 0.3) is 0 Å². The molecule has 0 aliphatic rings. The van der Waals surface area contributed by atoms with Crippen LogP contribution in [0.15, 0.2) is 18.3 Å². The smallest absolute Gasteiger partial charge is 0.339 e. The summed E-state index contributed by atoms with van der Waals surface area (Å²) >= 11 is 0. The number of pyridine rings is 1. The standard InChI is InChI=1S/C14H23N3O2/c1-4-17(5-2)10-9-15-11-13-12(14(18)19-3)7-6-8-16-13/h6-8,15H,4-5,9-11H2,1-3H3. The molecule has 0 unspecified atom stereocenters. The molecule has 19 heavy (non-hydrogen) atoms. The fourth-order valence-corrected chi connectivity index (χ4v) is 1.86. The third-order valence-electron chi connectivity index (χ3n) is 3.09. The number of carbonyl (C=O) groups excluding carboxylic acids is 1. The summed E-state index contributed by atoms with van der Waals surface area (Å²) in [6.45, 7) is 8.85. The van der Waals surface area contributed by atoms with E-state index in [9.17, 15) is 4.79 Å². The van der Waals surface area contributed by atoms with Gasteiger partial charge >= 0.3 is 5.97 Å². The zero-order valence-corrected chi connectivity index (χ0v) is 12.0. The van der Waals surface area contributed by atoms with E-state index >= 15 is 0 Å². The minimum absolute atomic E-state index is 0.339. The highest BCUT2D eigenvalue weighted by Gasteiger charge is 2.11. The largest absolute Gasteiger partial charge is 0.465 e. The number of hydrogen-bond donors (Lipinski definition) is 1. The molecule has 0 aliphatic carbocycles. The summed E-state index contributed by atoms with van der Waals surface area (Å²) in [7, 11) is 1.38. The van der Waals surface area contributed by atoms with E-state index in [1.165, 1.54) is 7.11 Å². The molecule has 0 fully saturated rings. The number of hydrogen-bond acceptors (Lipinski definition) is 5. The van der Waals surface area contributed by atoms with Gasteiger partial charge in [-0.3, -0.25) is 4.98 Å². The van der Waals surface area contributed by atoms with Gasteiger partial charge in [0.2, 0.25) is 0 Å². The Balaban J connectivity index is 2.47. The monoisotopic (exact) mass is 265 g/mol. The van der Waals surface area contributed by atoms with Crippen molar-refractivity contribution in [3.8, 4) is 0 Å². The molecule has 0 radical (unpaired) electrons. The molecule has 5 heteroatoms. The number of nitrogens with one attached hydrogen (secondary N) is 1. The minimum atomic E-state index is -0.339. The van der Waals surface area contributed by atoms with Crippen molar-refractivity contribution in [1.29, 1.82) is 0 Å². The third kappa shape index (κ3) is 4.96. The van der Waals surface area contributed by atoms with Crippen LogP contribution in [0.3, 0.4) is 0 Å². The lowest BCUT2D eigenvalue weighted by atomic mass is 10.2. The molecule has 5 nitrogen and oxygen atoms in total. The lowest BCUT2D eigenvalue weighted by molar-refractivity contribution is 0.0598. The summed E-state index contributed by atoms with van der Waals surface area (Å²) in [4.78, 5) is 18.1. The van der Waals surface area contributed by atoms with Crippen LogP contribution in [0.1, 0.15) is 29.9 Å². The van der Waals surface area contributed by atoms with Gasteiger partial charge in [0, 0.05) is 25.8 Å². The highest BCUT2D eigenvalue weighted by Crippen LogP contribution is 2.06. The highest BCUT2D eigenvalue weighted by molar-refractivity contribution is 5.90. The zero-order valence-electron chi connectivity index (χ0n) is 12.0. The second-order valence-corrected chi connectivity index (χ2v) is 4.19. The van der Waals surface area contributed by atoms with Crippen molar-refractivity contribution in [3.63, 3.8) is 0 Å². The maximum Gasteiger partial charge on any atom is 0.339 e. The van der Waals surface area contributed by atoms with Gasteiger partial charge in [-0.15, -0.1) is 0 Å². The topological polar surface area (TPSA) is 54.5 Å². The molecule has 1 aromatic rings. The first kappa shape index (κ1) is 15.6. The van der Waals surface area contributed by atoms with Crippen LogP contribution in [0.5, 0.6) is 0 Å². The Bertz CT molecular complexity index is 392. The number of esters is 1. The maximum atomic E-state index is 11.6. The van der Waals surface area contributed by atoms with Crippen molar-refractivity contribution in [2.45, 2.75) is 20.4 Å². The van der Waals surface area contributed by atoms with E-state index in [1.54, 1.807) is 18.3 Å². The summed E-state index contributed by atoms with van der Waals surface area (Å²) in [6.07, 6.45) is 1.69. The van der Waals surface area contributed by atoms with E-state index in [-0.39, 0.29) is 5.97 Å². The SMILES string of the molecule is CCN(CC)CCNCc1ncccc1C(=O)OC. The average Bonchev–Trinajstić information content (AvgIpc) is 2.47. The van der Waals surface area contributed by atoms with Crippen molar-refractivity contribution >= 4 is 5.97 Å². The second kappa shape index (κ2) is 8.61. The maximum absolute atomic E-state index is 11.6. The van der Waals surface area contributed by atoms with Gasteiger partial charge in [0.1, 0.15) is 0 Å². The first-order valence-corrected chi connectivity index (χ1v) is 6.68. The van der Waals surface area contributed by atoms with Crippen LogP contribution in [-0.2, 0) is 11.3 Å². The summed E-state index contributed by atoms with van der Waals surface area (Å²) in [5, 5.41) is 3.31. The molecule has 0 saturated carbocycles. The highest BCUT2D eigenvalue weighted by atomic mass is 16.5. The van der Waals surface area contributed by atoms with E-state index in [0.29, 0.717) is 12.1 Å². The molecule has 0 saturated heterocycles. The van der Waals surface area contributed by atoms with E-state index in [4.69, 9.17) is 4.74 Å². The Hall–Kier alpha value is -1.46. The molecule has 0 amide bonds. The molecular formula is C14H23N3O2. The quantitative estimate of drug-likeness (QED) is 0.567. The molecule has 1 N–H and O–H groups in total. The number of aromatic nitrogens is 1.